The Hall–Kier alpha value is -1.01. The predicted molar refractivity (Wildman–Crippen MR) is 78.2 cm³/mol. The molecule has 2 rings (SSSR count). The molecule has 1 fully saturated rings. The molecule has 1 aliphatic heterocycles. The number of thioether (sulfide) groups is 1. The highest BCUT2D eigenvalue weighted by atomic mass is 32.2. The molecule has 5 nitrogen and oxygen atoms in total. The third kappa shape index (κ3) is 3.99. The van der Waals surface area contributed by atoms with Crippen LogP contribution in [0.5, 0.6) is 0 Å². The van der Waals surface area contributed by atoms with Gasteiger partial charge in [-0.25, -0.2) is 4.98 Å². The molecule has 0 atom stereocenters. The van der Waals surface area contributed by atoms with Gasteiger partial charge in [0.15, 0.2) is 5.16 Å². The van der Waals surface area contributed by atoms with E-state index in [4.69, 9.17) is 9.84 Å². The van der Waals surface area contributed by atoms with Crippen LogP contribution in [0.2, 0.25) is 0 Å². The van der Waals surface area contributed by atoms with E-state index in [1.54, 1.807) is 0 Å². The van der Waals surface area contributed by atoms with Gasteiger partial charge in [-0.1, -0.05) is 25.6 Å². The van der Waals surface area contributed by atoms with Crippen LogP contribution in [0, 0.1) is 5.92 Å². The van der Waals surface area contributed by atoms with E-state index in [1.165, 1.54) is 17.5 Å². The minimum absolute atomic E-state index is 0.0579. The SMILES string of the molecule is CC(C)c1cnc(SCC(=O)O)n1CC1CCOCC1. The van der Waals surface area contributed by atoms with E-state index < -0.39 is 5.97 Å². The molecule has 0 amide bonds. The van der Waals surface area contributed by atoms with Gasteiger partial charge in [0.1, 0.15) is 0 Å². The Morgan fingerprint density at radius 3 is 2.85 bits per heavy atom. The summed E-state index contributed by atoms with van der Waals surface area (Å²) in [4.78, 5) is 15.1. The van der Waals surface area contributed by atoms with Crippen LogP contribution in [-0.4, -0.2) is 39.6 Å². The van der Waals surface area contributed by atoms with Crippen molar-refractivity contribution in [2.24, 2.45) is 5.92 Å². The zero-order chi connectivity index (χ0) is 14.5. The number of rotatable bonds is 6. The number of aromatic nitrogens is 2. The molecule has 2 heterocycles. The van der Waals surface area contributed by atoms with Crippen LogP contribution < -0.4 is 0 Å². The minimum atomic E-state index is -0.804. The average Bonchev–Trinajstić information content (AvgIpc) is 2.80. The van der Waals surface area contributed by atoms with Crippen molar-refractivity contribution in [2.45, 2.75) is 44.3 Å². The maximum atomic E-state index is 10.7. The lowest BCUT2D eigenvalue weighted by atomic mass is 10.00. The number of hydrogen-bond donors (Lipinski definition) is 1. The molecule has 1 N–H and O–H groups in total. The number of ether oxygens (including phenoxy) is 1. The smallest absolute Gasteiger partial charge is 0.313 e. The van der Waals surface area contributed by atoms with Gasteiger partial charge >= 0.3 is 5.97 Å². The van der Waals surface area contributed by atoms with Crippen LogP contribution >= 0.6 is 11.8 Å². The lowest BCUT2D eigenvalue weighted by Gasteiger charge is -2.24. The Morgan fingerprint density at radius 2 is 2.25 bits per heavy atom. The summed E-state index contributed by atoms with van der Waals surface area (Å²) < 4.78 is 7.60. The van der Waals surface area contributed by atoms with Gasteiger partial charge in [0, 0.05) is 31.6 Å². The number of imidazole rings is 1. The first-order valence-corrected chi connectivity index (χ1v) is 8.04. The zero-order valence-electron chi connectivity index (χ0n) is 12.0. The molecule has 0 spiro atoms. The summed E-state index contributed by atoms with van der Waals surface area (Å²) in [5.41, 5.74) is 1.18. The van der Waals surface area contributed by atoms with Crippen molar-refractivity contribution in [3.63, 3.8) is 0 Å². The maximum absolute atomic E-state index is 10.7. The third-order valence-corrected chi connectivity index (χ3v) is 4.52. The Morgan fingerprint density at radius 1 is 1.55 bits per heavy atom. The molecule has 1 aromatic rings. The molecule has 1 aliphatic rings. The van der Waals surface area contributed by atoms with Crippen molar-refractivity contribution in [1.82, 2.24) is 9.55 Å². The van der Waals surface area contributed by atoms with Crippen LogP contribution in [0.25, 0.3) is 0 Å². The molecule has 20 heavy (non-hydrogen) atoms. The number of aliphatic carboxylic acids is 1. The van der Waals surface area contributed by atoms with Crippen molar-refractivity contribution < 1.29 is 14.6 Å². The van der Waals surface area contributed by atoms with E-state index in [2.05, 4.69) is 23.4 Å². The molecule has 1 saturated heterocycles. The summed E-state index contributed by atoms with van der Waals surface area (Å²) >= 11 is 1.30. The van der Waals surface area contributed by atoms with Crippen molar-refractivity contribution in [3.05, 3.63) is 11.9 Å². The van der Waals surface area contributed by atoms with Gasteiger partial charge in [0.2, 0.25) is 0 Å². The van der Waals surface area contributed by atoms with Crippen molar-refractivity contribution >= 4 is 17.7 Å². The highest BCUT2D eigenvalue weighted by Crippen LogP contribution is 2.27. The summed E-state index contributed by atoms with van der Waals surface area (Å²) in [7, 11) is 0. The minimum Gasteiger partial charge on any atom is -0.481 e. The van der Waals surface area contributed by atoms with Crippen molar-refractivity contribution in [2.75, 3.05) is 19.0 Å². The summed E-state index contributed by atoms with van der Waals surface area (Å²) in [6, 6.07) is 0. The molecular weight excluding hydrogens is 276 g/mol. The molecule has 0 aromatic carbocycles. The molecule has 6 heteroatoms. The lowest BCUT2D eigenvalue weighted by Crippen LogP contribution is -2.22. The van der Waals surface area contributed by atoms with Crippen LogP contribution in [0.4, 0.5) is 0 Å². The molecule has 0 saturated carbocycles. The number of carboxylic acids is 1. The van der Waals surface area contributed by atoms with E-state index in [0.29, 0.717) is 11.8 Å². The summed E-state index contributed by atoms with van der Waals surface area (Å²) in [6.07, 6.45) is 4.02. The summed E-state index contributed by atoms with van der Waals surface area (Å²) in [5.74, 6) is 0.241. The zero-order valence-corrected chi connectivity index (χ0v) is 12.9. The fourth-order valence-corrected chi connectivity index (χ4v) is 3.16. The van der Waals surface area contributed by atoms with Gasteiger partial charge < -0.3 is 14.4 Å². The van der Waals surface area contributed by atoms with Crippen LogP contribution in [0.15, 0.2) is 11.4 Å². The molecule has 0 unspecified atom stereocenters. The number of nitrogens with zero attached hydrogens (tertiary/aromatic N) is 2. The average molecular weight is 298 g/mol. The first kappa shape index (κ1) is 15.4. The predicted octanol–water partition coefficient (Wildman–Crippen LogP) is 2.61. The fourth-order valence-electron chi connectivity index (χ4n) is 2.44. The standard InChI is InChI=1S/C14H22N2O3S/c1-10(2)12-7-15-14(20-9-13(17)18)16(12)8-11-3-5-19-6-4-11/h7,10-11H,3-6,8-9H2,1-2H3,(H,17,18). The highest BCUT2D eigenvalue weighted by Gasteiger charge is 2.20. The quantitative estimate of drug-likeness (QED) is 0.818. The van der Waals surface area contributed by atoms with Crippen LogP contribution in [-0.2, 0) is 16.1 Å². The molecular formula is C14H22N2O3S. The number of carbonyl (C=O) groups is 1. The Bertz CT molecular complexity index is 453. The molecule has 112 valence electrons. The van der Waals surface area contributed by atoms with Gasteiger partial charge in [0.25, 0.3) is 0 Å². The normalized spacial score (nSPS) is 16.8. The van der Waals surface area contributed by atoms with Gasteiger partial charge in [-0.15, -0.1) is 0 Å². The van der Waals surface area contributed by atoms with E-state index >= 15 is 0 Å². The first-order chi connectivity index (χ1) is 9.58. The van der Waals surface area contributed by atoms with E-state index in [-0.39, 0.29) is 5.75 Å². The van der Waals surface area contributed by atoms with Gasteiger partial charge in [0.05, 0.1) is 5.75 Å². The molecule has 0 aliphatic carbocycles. The molecule has 0 bridgehead atoms. The van der Waals surface area contributed by atoms with Crippen LogP contribution in [0.1, 0.15) is 38.3 Å². The number of hydrogen-bond acceptors (Lipinski definition) is 4. The fraction of sp³-hybridized carbons (Fsp3) is 0.714. The maximum Gasteiger partial charge on any atom is 0.313 e. The second-order valence-corrected chi connectivity index (χ2v) is 6.41. The third-order valence-electron chi connectivity index (χ3n) is 3.55. The van der Waals surface area contributed by atoms with Crippen molar-refractivity contribution in [3.8, 4) is 0 Å². The Balaban J connectivity index is 2.12. The molecule has 0 radical (unpaired) electrons. The second-order valence-electron chi connectivity index (χ2n) is 5.47. The van der Waals surface area contributed by atoms with E-state index in [1.807, 2.05) is 6.20 Å². The summed E-state index contributed by atoms with van der Waals surface area (Å²) in [6.45, 7) is 6.85. The monoisotopic (exact) mass is 298 g/mol. The van der Waals surface area contributed by atoms with E-state index in [9.17, 15) is 4.79 Å². The molecule has 1 aromatic heterocycles. The van der Waals surface area contributed by atoms with Gasteiger partial charge in [-0.2, -0.15) is 0 Å². The number of carboxylic acid groups (broad SMARTS) is 1. The largest absolute Gasteiger partial charge is 0.481 e. The Kier molecular flexibility index (Phi) is 5.48. The highest BCUT2D eigenvalue weighted by molar-refractivity contribution is 7.99. The van der Waals surface area contributed by atoms with Crippen molar-refractivity contribution in [1.29, 1.82) is 0 Å². The second kappa shape index (κ2) is 7.13. The van der Waals surface area contributed by atoms with E-state index in [0.717, 1.165) is 37.8 Å². The lowest BCUT2D eigenvalue weighted by molar-refractivity contribution is -0.133. The van der Waals surface area contributed by atoms with Crippen LogP contribution in [0.3, 0.4) is 0 Å². The van der Waals surface area contributed by atoms with Gasteiger partial charge in [-0.3, -0.25) is 4.79 Å². The first-order valence-electron chi connectivity index (χ1n) is 7.05. The topological polar surface area (TPSA) is 64.3 Å². The Labute approximate surface area is 123 Å². The van der Waals surface area contributed by atoms with Gasteiger partial charge in [-0.05, 0) is 24.7 Å². The summed E-state index contributed by atoms with van der Waals surface area (Å²) in [5, 5.41) is 9.65.